The van der Waals surface area contributed by atoms with Crippen LogP contribution in [0.15, 0.2) is 46.8 Å². The average Bonchev–Trinajstić information content (AvgIpc) is 3.15. The van der Waals surface area contributed by atoms with E-state index in [0.29, 0.717) is 5.95 Å². The highest BCUT2D eigenvalue weighted by atomic mass is 32.2. The van der Waals surface area contributed by atoms with Crippen molar-refractivity contribution in [2.45, 2.75) is 17.9 Å². The van der Waals surface area contributed by atoms with Gasteiger partial charge in [0.05, 0.1) is 5.57 Å². The molecule has 1 fully saturated rings. The molecule has 0 spiro atoms. The highest BCUT2D eigenvalue weighted by Gasteiger charge is 2.36. The van der Waals surface area contributed by atoms with Gasteiger partial charge in [-0.15, -0.1) is 11.8 Å². The number of hydrogen-bond acceptors (Lipinski definition) is 6. The van der Waals surface area contributed by atoms with Gasteiger partial charge in [0.2, 0.25) is 5.95 Å². The van der Waals surface area contributed by atoms with Crippen LogP contribution in [0.5, 0.6) is 0 Å². The van der Waals surface area contributed by atoms with Gasteiger partial charge in [0.1, 0.15) is 12.4 Å². The zero-order valence-corrected chi connectivity index (χ0v) is 16.7. The second-order valence-corrected chi connectivity index (χ2v) is 7.84. The third-order valence-electron chi connectivity index (χ3n) is 5.25. The molecular formula is C19H24N6OS. The van der Waals surface area contributed by atoms with Crippen LogP contribution in [0.2, 0.25) is 0 Å². The molecule has 27 heavy (non-hydrogen) atoms. The molecule has 1 N–H and O–H groups in total. The van der Waals surface area contributed by atoms with E-state index in [9.17, 15) is 4.79 Å². The molecule has 1 amide bonds. The molecule has 0 saturated carbocycles. The number of nitrogens with one attached hydrogen (secondary N) is 1. The first-order valence-corrected chi connectivity index (χ1v) is 10.3. The van der Waals surface area contributed by atoms with Crippen LogP contribution >= 0.6 is 11.8 Å². The van der Waals surface area contributed by atoms with E-state index < -0.39 is 0 Å². The van der Waals surface area contributed by atoms with Gasteiger partial charge in [-0.25, -0.2) is 4.68 Å². The number of carbonyl (C=O) groups excluding carboxylic acids is 1. The van der Waals surface area contributed by atoms with E-state index in [1.807, 2.05) is 16.5 Å². The first-order valence-electron chi connectivity index (χ1n) is 9.07. The Balaban J connectivity index is 1.73. The summed E-state index contributed by atoms with van der Waals surface area (Å²) in [5.74, 6) is 0.745. The van der Waals surface area contributed by atoms with Crippen LogP contribution in [0.3, 0.4) is 0 Å². The van der Waals surface area contributed by atoms with Crippen LogP contribution in [-0.4, -0.2) is 70.0 Å². The van der Waals surface area contributed by atoms with E-state index in [0.717, 1.165) is 43.0 Å². The number of thioether (sulfide) groups is 1. The minimum atomic E-state index is -0.271. The van der Waals surface area contributed by atoms with Gasteiger partial charge in [-0.3, -0.25) is 4.79 Å². The van der Waals surface area contributed by atoms with Crippen LogP contribution < -0.4 is 5.32 Å². The van der Waals surface area contributed by atoms with Crippen LogP contribution in [0.25, 0.3) is 0 Å². The van der Waals surface area contributed by atoms with Gasteiger partial charge in [-0.05, 0) is 37.9 Å². The molecule has 1 aromatic carbocycles. The SMILES string of the molecule is CSc1ccc(C2C(C(=O)N3CCN(C)CC3)=C(C)Nc3ncnn32)cc1. The summed E-state index contributed by atoms with van der Waals surface area (Å²) in [6, 6.07) is 8.07. The van der Waals surface area contributed by atoms with E-state index in [4.69, 9.17) is 0 Å². The standard InChI is InChI=1S/C19H24N6OS/c1-13-16(18(26)24-10-8-23(2)9-11-24)17(25-19(22-13)20-12-21-25)14-4-6-15(27-3)7-5-14/h4-7,12,17H,8-11H2,1-3H3,(H,20,21,22). The molecule has 1 unspecified atom stereocenters. The molecule has 4 rings (SSSR count). The normalized spacial score (nSPS) is 20.4. The van der Waals surface area contributed by atoms with Gasteiger partial charge < -0.3 is 15.1 Å². The van der Waals surface area contributed by atoms with Crippen LogP contribution in [0.4, 0.5) is 5.95 Å². The summed E-state index contributed by atoms with van der Waals surface area (Å²) in [6.07, 6.45) is 3.59. The first kappa shape index (κ1) is 18.1. The van der Waals surface area contributed by atoms with Crippen molar-refractivity contribution < 1.29 is 4.79 Å². The molecule has 2 aliphatic heterocycles. The number of amides is 1. The fourth-order valence-corrected chi connectivity index (χ4v) is 4.05. The van der Waals surface area contributed by atoms with Gasteiger partial charge in [-0.1, -0.05) is 12.1 Å². The van der Waals surface area contributed by atoms with E-state index in [2.05, 4.69) is 57.9 Å². The summed E-state index contributed by atoms with van der Waals surface area (Å²) in [5.41, 5.74) is 2.63. The molecular weight excluding hydrogens is 360 g/mol. The highest BCUT2D eigenvalue weighted by Crippen LogP contribution is 2.36. The van der Waals surface area contributed by atoms with Crippen LogP contribution in [-0.2, 0) is 4.79 Å². The molecule has 7 nitrogen and oxygen atoms in total. The molecule has 1 saturated heterocycles. The van der Waals surface area contributed by atoms with Crippen LogP contribution in [0, 0.1) is 0 Å². The van der Waals surface area contributed by atoms with Crippen molar-refractivity contribution in [1.29, 1.82) is 0 Å². The lowest BCUT2D eigenvalue weighted by molar-refractivity contribution is -0.129. The number of allylic oxidation sites excluding steroid dienone is 1. The van der Waals surface area contributed by atoms with Crippen molar-refractivity contribution in [2.24, 2.45) is 0 Å². The zero-order valence-electron chi connectivity index (χ0n) is 15.8. The van der Waals surface area contributed by atoms with E-state index in [1.165, 1.54) is 11.2 Å². The molecule has 1 aromatic heterocycles. The average molecular weight is 385 g/mol. The number of hydrogen-bond donors (Lipinski definition) is 1. The number of carbonyl (C=O) groups is 1. The topological polar surface area (TPSA) is 66.3 Å². The lowest BCUT2D eigenvalue weighted by Gasteiger charge is -2.36. The Morgan fingerprint density at radius 3 is 2.56 bits per heavy atom. The maximum Gasteiger partial charge on any atom is 0.254 e. The van der Waals surface area contributed by atoms with Crippen LogP contribution in [0.1, 0.15) is 18.5 Å². The molecule has 0 radical (unpaired) electrons. The van der Waals surface area contributed by atoms with Crippen molar-refractivity contribution in [3.05, 3.63) is 47.4 Å². The summed E-state index contributed by atoms with van der Waals surface area (Å²) >= 11 is 1.70. The summed E-state index contributed by atoms with van der Waals surface area (Å²) in [7, 11) is 2.09. The molecule has 2 aromatic rings. The van der Waals surface area contributed by atoms with E-state index >= 15 is 0 Å². The lowest BCUT2D eigenvalue weighted by atomic mass is 9.94. The number of nitrogens with zero attached hydrogens (tertiary/aromatic N) is 5. The highest BCUT2D eigenvalue weighted by molar-refractivity contribution is 7.98. The van der Waals surface area contributed by atoms with Crippen molar-refractivity contribution in [3.8, 4) is 0 Å². The quantitative estimate of drug-likeness (QED) is 0.817. The van der Waals surface area contributed by atoms with Gasteiger partial charge >= 0.3 is 0 Å². The molecule has 1 atom stereocenters. The van der Waals surface area contributed by atoms with Gasteiger partial charge in [0.25, 0.3) is 5.91 Å². The predicted molar refractivity (Wildman–Crippen MR) is 107 cm³/mol. The second kappa shape index (κ2) is 7.36. The minimum absolute atomic E-state index is 0.0770. The Kier molecular flexibility index (Phi) is 4.92. The van der Waals surface area contributed by atoms with Gasteiger partial charge in [0, 0.05) is 36.8 Å². The summed E-state index contributed by atoms with van der Waals surface area (Å²) < 4.78 is 1.81. The maximum atomic E-state index is 13.5. The molecule has 142 valence electrons. The Labute approximate surface area is 163 Å². The van der Waals surface area contributed by atoms with Crippen molar-refractivity contribution in [2.75, 3.05) is 44.8 Å². The largest absolute Gasteiger partial charge is 0.336 e. The second-order valence-electron chi connectivity index (χ2n) is 6.96. The monoisotopic (exact) mass is 384 g/mol. The minimum Gasteiger partial charge on any atom is -0.336 e. The third-order valence-corrected chi connectivity index (χ3v) is 5.99. The number of anilines is 1. The number of rotatable bonds is 3. The Hall–Kier alpha value is -2.32. The van der Waals surface area contributed by atoms with E-state index in [1.54, 1.807) is 11.8 Å². The Bertz CT molecular complexity index is 867. The lowest BCUT2D eigenvalue weighted by Crippen LogP contribution is -2.49. The molecule has 2 aliphatic rings. The molecule has 0 aliphatic carbocycles. The summed E-state index contributed by atoms with van der Waals surface area (Å²) in [6.45, 7) is 5.23. The predicted octanol–water partition coefficient (Wildman–Crippen LogP) is 2.06. The smallest absolute Gasteiger partial charge is 0.254 e. The van der Waals surface area contributed by atoms with Crippen molar-refractivity contribution >= 4 is 23.6 Å². The molecule has 3 heterocycles. The maximum absolute atomic E-state index is 13.5. The summed E-state index contributed by atoms with van der Waals surface area (Å²) in [4.78, 5) is 23.1. The van der Waals surface area contributed by atoms with Gasteiger partial charge in [-0.2, -0.15) is 10.1 Å². The number of likely N-dealkylation sites (N-methyl/N-ethyl adjacent to an activating group) is 1. The fraction of sp³-hybridized carbons (Fsp3) is 0.421. The Morgan fingerprint density at radius 2 is 1.89 bits per heavy atom. The molecule has 0 bridgehead atoms. The van der Waals surface area contributed by atoms with E-state index in [-0.39, 0.29) is 11.9 Å². The zero-order chi connectivity index (χ0) is 19.0. The first-order chi connectivity index (χ1) is 13.1. The Morgan fingerprint density at radius 1 is 1.19 bits per heavy atom. The third kappa shape index (κ3) is 3.35. The number of aromatic nitrogens is 3. The molecule has 8 heteroatoms. The number of fused-ring (bicyclic) bond motifs is 1. The number of piperazine rings is 1. The van der Waals surface area contributed by atoms with Crippen molar-refractivity contribution in [1.82, 2.24) is 24.6 Å². The summed E-state index contributed by atoms with van der Waals surface area (Å²) in [5, 5.41) is 7.65. The fourth-order valence-electron chi connectivity index (χ4n) is 3.64. The van der Waals surface area contributed by atoms with Crippen molar-refractivity contribution in [3.63, 3.8) is 0 Å². The number of benzene rings is 1. The van der Waals surface area contributed by atoms with Gasteiger partial charge in [0.15, 0.2) is 0 Å².